The van der Waals surface area contributed by atoms with Crippen molar-refractivity contribution in [3.8, 4) is 5.75 Å². The molecule has 3 rings (SSSR count). The van der Waals surface area contributed by atoms with Crippen molar-refractivity contribution < 1.29 is 14.6 Å². The van der Waals surface area contributed by atoms with Crippen LogP contribution in [0, 0.1) is 0 Å². The van der Waals surface area contributed by atoms with E-state index >= 15 is 0 Å². The van der Waals surface area contributed by atoms with Gasteiger partial charge in [0.25, 0.3) is 0 Å². The number of fused-ring (bicyclic) bond motifs is 1. The standard InChI is InChI=1S/C17H18O3/c18-17(19)15-11-10-12-6-4-5-9-14(12)16(15)20-13-7-2-1-3-8-13/h4-6,9-11,13H,1-3,7-8H2,(H,18,19). The SMILES string of the molecule is O=C(O)c1ccc2ccccc2c1OC1CCCCC1. The van der Waals surface area contributed by atoms with Crippen LogP contribution in [-0.4, -0.2) is 17.2 Å². The largest absolute Gasteiger partial charge is 0.489 e. The minimum Gasteiger partial charge on any atom is -0.489 e. The van der Waals surface area contributed by atoms with E-state index in [4.69, 9.17) is 4.74 Å². The number of rotatable bonds is 3. The van der Waals surface area contributed by atoms with Gasteiger partial charge in [0.05, 0.1) is 6.10 Å². The molecule has 2 aromatic rings. The molecule has 0 aliphatic heterocycles. The van der Waals surface area contributed by atoms with E-state index < -0.39 is 5.97 Å². The fourth-order valence-corrected chi connectivity index (χ4v) is 2.89. The second kappa shape index (κ2) is 5.53. The van der Waals surface area contributed by atoms with Crippen molar-refractivity contribution in [1.82, 2.24) is 0 Å². The third-order valence-electron chi connectivity index (χ3n) is 3.95. The number of carboxylic acid groups (broad SMARTS) is 1. The molecule has 0 aromatic heterocycles. The first-order valence-corrected chi connectivity index (χ1v) is 7.17. The number of hydrogen-bond acceptors (Lipinski definition) is 2. The second-order valence-electron chi connectivity index (χ2n) is 5.35. The lowest BCUT2D eigenvalue weighted by atomic mass is 9.97. The lowest BCUT2D eigenvalue weighted by molar-refractivity contribution is 0.0687. The highest BCUT2D eigenvalue weighted by Gasteiger charge is 2.20. The second-order valence-corrected chi connectivity index (χ2v) is 5.35. The first kappa shape index (κ1) is 13.0. The zero-order valence-electron chi connectivity index (χ0n) is 11.3. The van der Waals surface area contributed by atoms with Crippen LogP contribution in [0.3, 0.4) is 0 Å². The van der Waals surface area contributed by atoms with Gasteiger partial charge in [0.1, 0.15) is 11.3 Å². The Bertz CT molecular complexity index is 627. The van der Waals surface area contributed by atoms with Crippen molar-refractivity contribution in [2.75, 3.05) is 0 Å². The van der Waals surface area contributed by atoms with Crippen molar-refractivity contribution in [1.29, 1.82) is 0 Å². The van der Waals surface area contributed by atoms with E-state index in [9.17, 15) is 9.90 Å². The molecule has 2 aromatic carbocycles. The molecule has 0 saturated heterocycles. The van der Waals surface area contributed by atoms with E-state index in [-0.39, 0.29) is 11.7 Å². The number of benzene rings is 2. The van der Waals surface area contributed by atoms with Crippen LogP contribution in [-0.2, 0) is 0 Å². The Labute approximate surface area is 118 Å². The van der Waals surface area contributed by atoms with Gasteiger partial charge in [0, 0.05) is 5.39 Å². The van der Waals surface area contributed by atoms with Crippen LogP contribution in [0.4, 0.5) is 0 Å². The summed E-state index contributed by atoms with van der Waals surface area (Å²) in [6.07, 6.45) is 5.76. The summed E-state index contributed by atoms with van der Waals surface area (Å²) in [6, 6.07) is 11.3. The van der Waals surface area contributed by atoms with E-state index in [1.807, 2.05) is 30.3 Å². The third kappa shape index (κ3) is 2.48. The normalized spacial score (nSPS) is 16.2. The van der Waals surface area contributed by atoms with Gasteiger partial charge in [0.2, 0.25) is 0 Å². The molecule has 0 bridgehead atoms. The monoisotopic (exact) mass is 270 g/mol. The summed E-state index contributed by atoms with van der Waals surface area (Å²) in [6.45, 7) is 0. The Morgan fingerprint density at radius 1 is 1.05 bits per heavy atom. The first-order chi connectivity index (χ1) is 9.75. The average molecular weight is 270 g/mol. The van der Waals surface area contributed by atoms with Gasteiger partial charge in [-0.1, -0.05) is 36.8 Å². The van der Waals surface area contributed by atoms with Crippen molar-refractivity contribution in [3.05, 3.63) is 42.0 Å². The quantitative estimate of drug-likeness (QED) is 0.907. The van der Waals surface area contributed by atoms with Crippen LogP contribution in [0.1, 0.15) is 42.5 Å². The van der Waals surface area contributed by atoms with Crippen LogP contribution in [0.5, 0.6) is 5.75 Å². The van der Waals surface area contributed by atoms with Gasteiger partial charge in [-0.15, -0.1) is 0 Å². The summed E-state index contributed by atoms with van der Waals surface area (Å²) >= 11 is 0. The summed E-state index contributed by atoms with van der Waals surface area (Å²) in [5, 5.41) is 11.3. The van der Waals surface area contributed by atoms with Crippen LogP contribution in [0.15, 0.2) is 36.4 Å². The minimum absolute atomic E-state index is 0.146. The average Bonchev–Trinajstić information content (AvgIpc) is 2.48. The lowest BCUT2D eigenvalue weighted by Crippen LogP contribution is -2.21. The molecule has 0 atom stereocenters. The molecule has 1 aliphatic carbocycles. The molecule has 1 aliphatic rings. The summed E-state index contributed by atoms with van der Waals surface area (Å²) in [5.74, 6) is -0.399. The van der Waals surface area contributed by atoms with Gasteiger partial charge in [-0.25, -0.2) is 4.79 Å². The summed E-state index contributed by atoms with van der Waals surface area (Å²) in [5.41, 5.74) is 0.259. The predicted octanol–water partition coefficient (Wildman–Crippen LogP) is 4.25. The maximum atomic E-state index is 11.4. The van der Waals surface area contributed by atoms with E-state index in [0.717, 1.165) is 36.5 Å². The number of carbonyl (C=O) groups is 1. The molecule has 1 N–H and O–H groups in total. The Morgan fingerprint density at radius 3 is 2.55 bits per heavy atom. The number of aromatic carboxylic acids is 1. The minimum atomic E-state index is -0.929. The molecule has 3 nitrogen and oxygen atoms in total. The van der Waals surface area contributed by atoms with E-state index in [1.54, 1.807) is 6.07 Å². The molecule has 0 spiro atoms. The van der Waals surface area contributed by atoms with Gasteiger partial charge in [-0.05, 0) is 37.1 Å². The van der Waals surface area contributed by atoms with Gasteiger partial charge >= 0.3 is 5.97 Å². The molecular weight excluding hydrogens is 252 g/mol. The molecule has 3 heteroatoms. The molecule has 104 valence electrons. The van der Waals surface area contributed by atoms with Gasteiger partial charge < -0.3 is 9.84 Å². The molecule has 20 heavy (non-hydrogen) atoms. The Hall–Kier alpha value is -2.03. The molecule has 1 saturated carbocycles. The molecule has 0 radical (unpaired) electrons. The summed E-state index contributed by atoms with van der Waals surface area (Å²) in [4.78, 5) is 11.4. The Kier molecular flexibility index (Phi) is 3.59. The van der Waals surface area contributed by atoms with Crippen LogP contribution >= 0.6 is 0 Å². The van der Waals surface area contributed by atoms with E-state index in [0.29, 0.717) is 5.75 Å². The number of ether oxygens (including phenoxy) is 1. The van der Waals surface area contributed by atoms with E-state index in [1.165, 1.54) is 6.42 Å². The summed E-state index contributed by atoms with van der Waals surface area (Å²) < 4.78 is 6.08. The predicted molar refractivity (Wildman–Crippen MR) is 78.4 cm³/mol. The molecule has 1 fully saturated rings. The van der Waals surface area contributed by atoms with Crippen molar-refractivity contribution in [2.24, 2.45) is 0 Å². The first-order valence-electron chi connectivity index (χ1n) is 7.17. The molecular formula is C17H18O3. The fraction of sp³-hybridized carbons (Fsp3) is 0.353. The smallest absolute Gasteiger partial charge is 0.339 e. The highest BCUT2D eigenvalue weighted by atomic mass is 16.5. The van der Waals surface area contributed by atoms with Gasteiger partial charge in [0.15, 0.2) is 0 Å². The zero-order chi connectivity index (χ0) is 13.9. The molecule has 0 heterocycles. The van der Waals surface area contributed by atoms with Gasteiger partial charge in [-0.3, -0.25) is 0 Å². The summed E-state index contributed by atoms with van der Waals surface area (Å²) in [7, 11) is 0. The molecule has 0 amide bonds. The van der Waals surface area contributed by atoms with Crippen LogP contribution in [0.25, 0.3) is 10.8 Å². The van der Waals surface area contributed by atoms with Crippen LogP contribution < -0.4 is 4.74 Å². The van der Waals surface area contributed by atoms with Crippen molar-refractivity contribution >= 4 is 16.7 Å². The Balaban J connectivity index is 2.04. The molecule has 0 unspecified atom stereocenters. The van der Waals surface area contributed by atoms with E-state index in [2.05, 4.69) is 0 Å². The van der Waals surface area contributed by atoms with Crippen LogP contribution in [0.2, 0.25) is 0 Å². The highest BCUT2D eigenvalue weighted by Crippen LogP contribution is 2.33. The topological polar surface area (TPSA) is 46.5 Å². The maximum absolute atomic E-state index is 11.4. The maximum Gasteiger partial charge on any atom is 0.339 e. The van der Waals surface area contributed by atoms with Crippen molar-refractivity contribution in [3.63, 3.8) is 0 Å². The lowest BCUT2D eigenvalue weighted by Gasteiger charge is -2.24. The highest BCUT2D eigenvalue weighted by molar-refractivity contribution is 6.00. The third-order valence-corrected chi connectivity index (χ3v) is 3.95. The number of carboxylic acids is 1. The van der Waals surface area contributed by atoms with Gasteiger partial charge in [-0.2, -0.15) is 0 Å². The zero-order valence-corrected chi connectivity index (χ0v) is 11.3. The number of hydrogen-bond donors (Lipinski definition) is 1. The van der Waals surface area contributed by atoms with Crippen molar-refractivity contribution in [2.45, 2.75) is 38.2 Å². The fourth-order valence-electron chi connectivity index (χ4n) is 2.89. The Morgan fingerprint density at radius 2 is 1.80 bits per heavy atom.